The Kier molecular flexibility index (Phi) is 3.04. The van der Waals surface area contributed by atoms with Crippen LogP contribution in [0.4, 0.5) is 0 Å². The summed E-state index contributed by atoms with van der Waals surface area (Å²) in [5.74, 6) is 0. The molecule has 0 aliphatic carbocycles. The largest absolute Gasteiger partial charge is 0.181 e. The van der Waals surface area contributed by atoms with E-state index in [1.54, 1.807) is 13.5 Å². The van der Waals surface area contributed by atoms with Crippen molar-refractivity contribution in [2.45, 2.75) is 6.55 Å². The average molecular weight is 293 g/mol. The third-order valence-electron chi connectivity index (χ3n) is 3.04. The van der Waals surface area contributed by atoms with Gasteiger partial charge in [-0.1, -0.05) is 42.9 Å². The van der Waals surface area contributed by atoms with Crippen molar-refractivity contribution in [2.24, 2.45) is 0 Å². The zero-order valence-electron chi connectivity index (χ0n) is 9.42. The topological polar surface area (TPSA) is 0 Å². The minimum Gasteiger partial charge on any atom is -0.153 e. The highest BCUT2D eigenvalue weighted by molar-refractivity contribution is 7.44. The molecule has 0 radical (unpaired) electrons. The minimum atomic E-state index is -1.67. The van der Waals surface area contributed by atoms with Crippen LogP contribution < -0.4 is 13.5 Å². The first-order valence-corrected chi connectivity index (χ1v) is 10.6. The van der Waals surface area contributed by atoms with Crippen LogP contribution in [0.5, 0.6) is 0 Å². The molecule has 86 valence electrons. The van der Waals surface area contributed by atoms with Crippen LogP contribution in [-0.4, -0.2) is 8.07 Å². The zero-order valence-corrected chi connectivity index (χ0v) is 12.9. The molecule has 3 aromatic rings. The van der Waals surface area contributed by atoms with Gasteiger partial charge in [-0.15, -0.1) is 0 Å². The molecule has 0 fully saturated rings. The average Bonchev–Trinajstić information content (AvgIpc) is 3.10. The predicted octanol–water partition coefficient (Wildman–Crippen LogP) is 2.97. The molecular formula is C13H12S3Si. The van der Waals surface area contributed by atoms with Crippen LogP contribution in [0, 0.1) is 0 Å². The Hall–Kier alpha value is -0.683. The summed E-state index contributed by atoms with van der Waals surface area (Å²) in [4.78, 5) is 0. The quantitative estimate of drug-likeness (QED) is 0.651. The van der Waals surface area contributed by atoms with Crippen LogP contribution in [0.1, 0.15) is 0 Å². The summed E-state index contributed by atoms with van der Waals surface area (Å²) in [6, 6.07) is 13.4. The van der Waals surface area contributed by atoms with Crippen LogP contribution in [0.3, 0.4) is 0 Å². The lowest BCUT2D eigenvalue weighted by molar-refractivity contribution is 1.92. The van der Waals surface area contributed by atoms with Gasteiger partial charge in [-0.3, -0.25) is 0 Å². The van der Waals surface area contributed by atoms with E-state index in [4.69, 9.17) is 0 Å². The molecule has 0 N–H and O–H groups in total. The molecule has 0 spiro atoms. The summed E-state index contributed by atoms with van der Waals surface area (Å²) in [5.41, 5.74) is 0. The maximum Gasteiger partial charge on any atom is 0.181 e. The van der Waals surface area contributed by atoms with Gasteiger partial charge < -0.3 is 0 Å². The molecule has 0 amide bonds. The van der Waals surface area contributed by atoms with E-state index in [-0.39, 0.29) is 0 Å². The molecule has 0 atom stereocenters. The molecule has 0 aliphatic rings. The smallest absolute Gasteiger partial charge is 0.153 e. The van der Waals surface area contributed by atoms with Crippen LogP contribution >= 0.6 is 34.0 Å². The Bertz CT molecular complexity index is 480. The summed E-state index contributed by atoms with van der Waals surface area (Å²) in [6.45, 7) is 2.47. The minimum absolute atomic E-state index is 1.56. The SMILES string of the molecule is C[Si](c1cccs1)(c1cccs1)c1cccs1. The van der Waals surface area contributed by atoms with Crippen molar-refractivity contribution in [1.29, 1.82) is 0 Å². The standard InChI is InChI=1S/C13H12S3Si/c1-17(11-5-2-8-14-11,12-6-3-9-15-12)13-7-4-10-16-13/h2-10H,1H3. The second-order valence-electron chi connectivity index (χ2n) is 4.06. The molecule has 0 nitrogen and oxygen atoms in total. The third-order valence-corrected chi connectivity index (χ3v) is 13.3. The van der Waals surface area contributed by atoms with Gasteiger partial charge >= 0.3 is 0 Å². The molecule has 3 aromatic heterocycles. The van der Waals surface area contributed by atoms with Crippen molar-refractivity contribution >= 4 is 55.6 Å². The Balaban J connectivity index is 2.21. The summed E-state index contributed by atoms with van der Waals surface area (Å²) in [6.07, 6.45) is 0. The lowest BCUT2D eigenvalue weighted by Crippen LogP contribution is -2.61. The normalized spacial score (nSPS) is 11.8. The number of rotatable bonds is 3. The Labute approximate surface area is 114 Å². The number of thiophene rings is 3. The van der Waals surface area contributed by atoms with E-state index < -0.39 is 8.07 Å². The van der Waals surface area contributed by atoms with Gasteiger partial charge in [0.15, 0.2) is 8.07 Å². The highest BCUT2D eigenvalue weighted by Crippen LogP contribution is 2.15. The monoisotopic (exact) mass is 292 g/mol. The van der Waals surface area contributed by atoms with E-state index in [2.05, 4.69) is 59.1 Å². The second kappa shape index (κ2) is 4.53. The molecule has 0 unspecified atom stereocenters. The molecule has 0 aromatic carbocycles. The molecule has 3 heterocycles. The maximum absolute atomic E-state index is 2.47. The molecule has 0 aliphatic heterocycles. The fourth-order valence-corrected chi connectivity index (χ4v) is 11.5. The second-order valence-corrected chi connectivity index (χ2v) is 11.9. The van der Waals surface area contributed by atoms with Gasteiger partial charge in [0.1, 0.15) is 0 Å². The highest BCUT2D eigenvalue weighted by Gasteiger charge is 2.37. The van der Waals surface area contributed by atoms with Gasteiger partial charge in [-0.25, -0.2) is 0 Å². The van der Waals surface area contributed by atoms with Crippen LogP contribution in [0.2, 0.25) is 6.55 Å². The highest BCUT2D eigenvalue weighted by atomic mass is 32.1. The van der Waals surface area contributed by atoms with Crippen molar-refractivity contribution in [3.63, 3.8) is 0 Å². The van der Waals surface area contributed by atoms with Crippen molar-refractivity contribution in [2.75, 3.05) is 0 Å². The lowest BCUT2D eigenvalue weighted by Gasteiger charge is -2.23. The van der Waals surface area contributed by atoms with E-state index in [1.165, 1.54) is 0 Å². The maximum atomic E-state index is 2.47. The molecular weight excluding hydrogens is 280 g/mol. The summed E-state index contributed by atoms with van der Waals surface area (Å²) in [5, 5.41) is 6.59. The van der Waals surface area contributed by atoms with Gasteiger partial charge in [-0.2, -0.15) is 34.0 Å². The first kappa shape index (κ1) is 11.4. The Morgan fingerprint density at radius 2 is 1.06 bits per heavy atom. The van der Waals surface area contributed by atoms with Crippen LogP contribution in [0.15, 0.2) is 52.5 Å². The first-order chi connectivity index (χ1) is 8.32. The molecule has 0 saturated heterocycles. The van der Waals surface area contributed by atoms with Crippen molar-refractivity contribution in [1.82, 2.24) is 0 Å². The van der Waals surface area contributed by atoms with Crippen LogP contribution in [-0.2, 0) is 0 Å². The molecule has 0 bridgehead atoms. The summed E-state index contributed by atoms with van der Waals surface area (Å²) < 4.78 is 4.67. The Morgan fingerprint density at radius 1 is 0.706 bits per heavy atom. The van der Waals surface area contributed by atoms with Gasteiger partial charge in [-0.05, 0) is 16.1 Å². The van der Waals surface area contributed by atoms with E-state index >= 15 is 0 Å². The lowest BCUT2D eigenvalue weighted by atomic mass is 10.7. The zero-order chi connectivity index (χ0) is 11.7. The first-order valence-electron chi connectivity index (χ1n) is 5.44. The number of hydrogen-bond donors (Lipinski definition) is 0. The third kappa shape index (κ3) is 1.85. The summed E-state index contributed by atoms with van der Waals surface area (Å²) in [7, 11) is -1.67. The predicted molar refractivity (Wildman–Crippen MR) is 83.5 cm³/mol. The fourth-order valence-electron chi connectivity index (χ4n) is 2.05. The summed E-state index contributed by atoms with van der Waals surface area (Å²) >= 11 is 5.70. The van der Waals surface area contributed by atoms with Crippen molar-refractivity contribution in [3.8, 4) is 0 Å². The van der Waals surface area contributed by atoms with Crippen molar-refractivity contribution in [3.05, 3.63) is 52.5 Å². The Morgan fingerprint density at radius 3 is 1.29 bits per heavy atom. The van der Waals surface area contributed by atoms with Crippen LogP contribution in [0.25, 0.3) is 0 Å². The van der Waals surface area contributed by atoms with E-state index in [0.29, 0.717) is 0 Å². The fraction of sp³-hybridized carbons (Fsp3) is 0.0769. The van der Waals surface area contributed by atoms with Gasteiger partial charge in [0.2, 0.25) is 0 Å². The van der Waals surface area contributed by atoms with Crippen molar-refractivity contribution < 1.29 is 0 Å². The van der Waals surface area contributed by atoms with E-state index in [9.17, 15) is 0 Å². The molecule has 17 heavy (non-hydrogen) atoms. The van der Waals surface area contributed by atoms with Gasteiger partial charge in [0.25, 0.3) is 0 Å². The molecule has 0 saturated carbocycles. The molecule has 4 heteroatoms. The van der Waals surface area contributed by atoms with Gasteiger partial charge in [0, 0.05) is 13.5 Å². The molecule has 3 rings (SSSR count). The van der Waals surface area contributed by atoms with E-state index in [1.807, 2.05) is 34.0 Å². The number of hydrogen-bond acceptors (Lipinski definition) is 3. The van der Waals surface area contributed by atoms with Gasteiger partial charge in [0.05, 0.1) is 0 Å². The van der Waals surface area contributed by atoms with E-state index in [0.717, 1.165) is 0 Å².